The first-order chi connectivity index (χ1) is 13.7. The molecule has 0 heterocycles. The van der Waals surface area contributed by atoms with Crippen LogP contribution in [0, 0.1) is 34.5 Å². The third-order valence-electron chi connectivity index (χ3n) is 9.06. The molecule has 0 unspecified atom stereocenters. The van der Waals surface area contributed by atoms with Crippen LogP contribution in [0.4, 0.5) is 0 Å². The third-order valence-corrected chi connectivity index (χ3v) is 9.06. The number of oxime groups is 1. The SMILES string of the molecule is C[C@@H](N)CC(=O)O[C@H]1CC[C@@]2(C)[C@H](C1)/C(=N/O)C[C@@H]1[C@@H]2CC[C@]2(C)C(=O)CC[C@@H]12.Cl. The number of carbonyl (C=O) groups is 2. The molecule has 0 aromatic rings. The fourth-order valence-electron chi connectivity index (χ4n) is 7.52. The zero-order chi connectivity index (χ0) is 21.0. The first-order valence-electron chi connectivity index (χ1n) is 11.4. The quantitative estimate of drug-likeness (QED) is 0.390. The van der Waals surface area contributed by atoms with Gasteiger partial charge in [-0.25, -0.2) is 0 Å². The van der Waals surface area contributed by atoms with Crippen molar-refractivity contribution in [2.24, 2.45) is 45.4 Å². The molecule has 3 N–H and O–H groups in total. The molecule has 0 amide bonds. The Hall–Kier alpha value is -1.14. The minimum Gasteiger partial charge on any atom is -0.462 e. The van der Waals surface area contributed by atoms with Crippen LogP contribution < -0.4 is 5.73 Å². The van der Waals surface area contributed by atoms with Gasteiger partial charge in [0, 0.05) is 23.8 Å². The third kappa shape index (κ3) is 3.68. The van der Waals surface area contributed by atoms with Gasteiger partial charge in [0.15, 0.2) is 0 Å². The van der Waals surface area contributed by atoms with E-state index in [0.717, 1.165) is 50.7 Å². The molecule has 0 bridgehead atoms. The van der Waals surface area contributed by atoms with E-state index in [1.165, 1.54) is 0 Å². The summed E-state index contributed by atoms with van der Waals surface area (Å²) in [7, 11) is 0. The Kier molecular flexibility index (Phi) is 6.60. The highest BCUT2D eigenvalue weighted by molar-refractivity contribution is 5.90. The van der Waals surface area contributed by atoms with E-state index in [1.807, 2.05) is 6.92 Å². The topological polar surface area (TPSA) is 102 Å². The van der Waals surface area contributed by atoms with Crippen LogP contribution in [-0.4, -0.2) is 34.8 Å². The Morgan fingerprint density at radius 3 is 2.67 bits per heavy atom. The number of rotatable bonds is 3. The molecular formula is C23H37ClN2O4. The number of halogens is 1. The van der Waals surface area contributed by atoms with Crippen LogP contribution >= 0.6 is 12.4 Å². The van der Waals surface area contributed by atoms with Gasteiger partial charge in [-0.1, -0.05) is 19.0 Å². The van der Waals surface area contributed by atoms with E-state index in [-0.39, 0.29) is 53.7 Å². The maximum Gasteiger partial charge on any atom is 0.307 e. The van der Waals surface area contributed by atoms with Crippen molar-refractivity contribution in [2.45, 2.75) is 90.7 Å². The van der Waals surface area contributed by atoms with Crippen molar-refractivity contribution in [3.63, 3.8) is 0 Å². The Balaban J connectivity index is 0.00000256. The second-order valence-corrected chi connectivity index (χ2v) is 10.7. The minimum absolute atomic E-state index is 0. The summed E-state index contributed by atoms with van der Waals surface area (Å²) in [5.74, 6) is 1.71. The zero-order valence-electron chi connectivity index (χ0n) is 18.4. The molecule has 0 aromatic carbocycles. The van der Waals surface area contributed by atoms with Crippen molar-refractivity contribution in [2.75, 3.05) is 0 Å². The highest BCUT2D eigenvalue weighted by atomic mass is 35.5. The van der Waals surface area contributed by atoms with Crippen LogP contribution in [0.1, 0.15) is 78.6 Å². The van der Waals surface area contributed by atoms with Crippen LogP contribution in [0.25, 0.3) is 0 Å². The highest BCUT2D eigenvalue weighted by Gasteiger charge is 2.62. The average Bonchev–Trinajstić information content (AvgIpc) is 2.96. The number of Topliss-reactive ketones (excluding diaryl/α,β-unsaturated/α-hetero) is 1. The molecule has 4 fully saturated rings. The van der Waals surface area contributed by atoms with Crippen molar-refractivity contribution < 1.29 is 19.5 Å². The van der Waals surface area contributed by atoms with E-state index in [9.17, 15) is 14.8 Å². The summed E-state index contributed by atoms with van der Waals surface area (Å²) in [5.41, 5.74) is 6.44. The molecule has 7 heteroatoms. The van der Waals surface area contributed by atoms with Gasteiger partial charge in [0.25, 0.3) is 0 Å². The maximum atomic E-state index is 12.6. The lowest BCUT2D eigenvalue weighted by molar-refractivity contribution is -0.156. The van der Waals surface area contributed by atoms with Crippen molar-refractivity contribution in [3.05, 3.63) is 0 Å². The van der Waals surface area contributed by atoms with Crippen molar-refractivity contribution >= 4 is 29.9 Å². The Labute approximate surface area is 185 Å². The Morgan fingerprint density at radius 1 is 1.27 bits per heavy atom. The fraction of sp³-hybridized carbons (Fsp3) is 0.870. The van der Waals surface area contributed by atoms with Gasteiger partial charge in [0.1, 0.15) is 11.9 Å². The Bertz CT molecular complexity index is 726. The van der Waals surface area contributed by atoms with Gasteiger partial charge in [-0.05, 0) is 75.0 Å². The number of nitrogens with zero attached hydrogens (tertiary/aromatic N) is 1. The summed E-state index contributed by atoms with van der Waals surface area (Å²) in [6.07, 6.45) is 7.16. The average molecular weight is 441 g/mol. The monoisotopic (exact) mass is 440 g/mol. The largest absolute Gasteiger partial charge is 0.462 e. The van der Waals surface area contributed by atoms with E-state index in [0.29, 0.717) is 30.0 Å². The lowest BCUT2D eigenvalue weighted by Crippen LogP contribution is -2.57. The van der Waals surface area contributed by atoms with E-state index < -0.39 is 0 Å². The molecule has 0 saturated heterocycles. The summed E-state index contributed by atoms with van der Waals surface area (Å²) in [4.78, 5) is 24.7. The van der Waals surface area contributed by atoms with E-state index in [4.69, 9.17) is 10.5 Å². The van der Waals surface area contributed by atoms with E-state index in [2.05, 4.69) is 19.0 Å². The van der Waals surface area contributed by atoms with E-state index >= 15 is 0 Å². The van der Waals surface area contributed by atoms with Gasteiger partial charge in [-0.2, -0.15) is 0 Å². The van der Waals surface area contributed by atoms with Crippen LogP contribution in [-0.2, 0) is 14.3 Å². The first-order valence-corrected chi connectivity index (χ1v) is 11.4. The maximum absolute atomic E-state index is 12.6. The number of hydrogen-bond acceptors (Lipinski definition) is 6. The number of nitrogens with two attached hydrogens (primary N) is 1. The van der Waals surface area contributed by atoms with E-state index in [1.54, 1.807) is 0 Å². The predicted octanol–water partition coefficient (Wildman–Crippen LogP) is 4.11. The Morgan fingerprint density at radius 2 is 2.00 bits per heavy atom. The van der Waals surface area contributed by atoms with Gasteiger partial charge >= 0.3 is 5.97 Å². The molecule has 6 nitrogen and oxygen atoms in total. The molecule has 4 aliphatic rings. The smallest absolute Gasteiger partial charge is 0.307 e. The lowest BCUT2D eigenvalue weighted by atomic mass is 9.44. The van der Waals surface area contributed by atoms with Crippen LogP contribution in [0.2, 0.25) is 0 Å². The lowest BCUT2D eigenvalue weighted by Gasteiger charge is -2.60. The molecule has 4 rings (SSSR count). The first kappa shape index (κ1) is 23.5. The van der Waals surface area contributed by atoms with Crippen LogP contribution in [0.15, 0.2) is 5.16 Å². The standard InChI is InChI=1S/C23H36N2O4.ClH/c1-13(24)10-21(27)29-14-6-8-22(2)17-7-9-23(3)16(4-5-20(23)26)15(17)12-19(25-28)18(22)11-14;/h13-18,28H,4-12,24H2,1-3H3;1H/b25-19+;/t13-,14+,15+,16+,17+,18-,22-,23+;/m1./s1. The van der Waals surface area contributed by atoms with Gasteiger partial charge in [-0.15, -0.1) is 12.4 Å². The summed E-state index contributed by atoms with van der Waals surface area (Å²) in [6, 6.07) is -0.202. The fourth-order valence-corrected chi connectivity index (χ4v) is 7.52. The van der Waals surface area contributed by atoms with Gasteiger partial charge in [-0.3, -0.25) is 9.59 Å². The molecule has 0 spiro atoms. The van der Waals surface area contributed by atoms with Crippen molar-refractivity contribution in [1.82, 2.24) is 0 Å². The molecule has 0 aliphatic heterocycles. The molecule has 30 heavy (non-hydrogen) atoms. The number of fused-ring (bicyclic) bond motifs is 5. The molecule has 170 valence electrons. The van der Waals surface area contributed by atoms with Crippen molar-refractivity contribution in [3.8, 4) is 0 Å². The number of esters is 1. The highest BCUT2D eigenvalue weighted by Crippen LogP contribution is 2.65. The molecular weight excluding hydrogens is 404 g/mol. The molecule has 0 aromatic heterocycles. The number of ether oxygens (including phenoxy) is 1. The summed E-state index contributed by atoms with van der Waals surface area (Å²) < 4.78 is 5.72. The van der Waals surface area contributed by atoms with Crippen LogP contribution in [0.3, 0.4) is 0 Å². The predicted molar refractivity (Wildman–Crippen MR) is 117 cm³/mol. The van der Waals surface area contributed by atoms with Gasteiger partial charge in [0.2, 0.25) is 0 Å². The molecule has 4 saturated carbocycles. The zero-order valence-corrected chi connectivity index (χ0v) is 19.2. The normalized spacial score (nSPS) is 45.0. The van der Waals surface area contributed by atoms with Crippen LogP contribution in [0.5, 0.6) is 0 Å². The van der Waals surface area contributed by atoms with Gasteiger partial charge < -0.3 is 15.7 Å². The molecule has 0 radical (unpaired) electrons. The molecule has 8 atom stereocenters. The van der Waals surface area contributed by atoms with Crippen molar-refractivity contribution in [1.29, 1.82) is 0 Å². The number of hydrogen-bond donors (Lipinski definition) is 2. The second-order valence-electron chi connectivity index (χ2n) is 10.7. The molecule has 4 aliphatic carbocycles. The second kappa shape index (κ2) is 8.42. The minimum atomic E-state index is -0.234. The van der Waals surface area contributed by atoms with Gasteiger partial charge in [0.05, 0.1) is 12.1 Å². The number of ketones is 1. The number of carbonyl (C=O) groups excluding carboxylic acids is 2. The summed E-state index contributed by atoms with van der Waals surface area (Å²) in [5, 5.41) is 13.6. The summed E-state index contributed by atoms with van der Waals surface area (Å²) >= 11 is 0. The summed E-state index contributed by atoms with van der Waals surface area (Å²) in [6.45, 7) is 6.32.